The first kappa shape index (κ1) is 27.5. The van der Waals surface area contributed by atoms with E-state index in [9.17, 15) is 5.11 Å². The second-order valence-corrected chi connectivity index (χ2v) is 10.6. The normalized spacial score (nSPS) is 28.4. The van der Waals surface area contributed by atoms with Crippen LogP contribution in [0.2, 0.25) is 0 Å². The zero-order chi connectivity index (χ0) is 26.9. The summed E-state index contributed by atoms with van der Waals surface area (Å²) < 4.78 is 26.6. The van der Waals surface area contributed by atoms with E-state index in [1.165, 1.54) is 0 Å². The van der Waals surface area contributed by atoms with Crippen LogP contribution >= 0.6 is 0 Å². The third kappa shape index (κ3) is 6.93. The zero-order valence-corrected chi connectivity index (χ0v) is 22.5. The van der Waals surface area contributed by atoms with Crippen molar-refractivity contribution >= 4 is 0 Å². The Labute approximate surface area is 231 Å². The maximum absolute atomic E-state index is 10.5. The first-order chi connectivity index (χ1) is 19.2. The highest BCUT2D eigenvalue weighted by Gasteiger charge is 2.53. The van der Waals surface area contributed by atoms with Gasteiger partial charge in [0, 0.05) is 5.41 Å². The average Bonchev–Trinajstić information content (AvgIpc) is 2.99. The summed E-state index contributed by atoms with van der Waals surface area (Å²) >= 11 is 0. The Morgan fingerprint density at radius 2 is 1.18 bits per heavy atom. The minimum Gasteiger partial charge on any atom is -0.394 e. The highest BCUT2D eigenvalue weighted by molar-refractivity contribution is 5.21. The largest absolute Gasteiger partial charge is 0.394 e. The molecule has 0 aromatic heterocycles. The Bertz CT molecular complexity index is 1200. The standard InChI is InChI=1S/C34H38O5/c1-34(20-12-5-13-21-34)33-32(38-25-28-18-10-4-11-19-28)31(37-24-27-16-8-3-9-17-27)30(29(22-35)39-33)36-23-26-14-6-2-7-15-26/h2-20,29-33,35H,21-25H2,1H3/t29-,30-,31+,32-,33-,34?/m1/s1. The average molecular weight is 527 g/mol. The number of benzene rings is 3. The summed E-state index contributed by atoms with van der Waals surface area (Å²) in [4.78, 5) is 0. The van der Waals surface area contributed by atoms with E-state index in [1.807, 2.05) is 66.7 Å². The van der Waals surface area contributed by atoms with Crippen LogP contribution in [0.5, 0.6) is 0 Å². The molecule has 0 amide bonds. The first-order valence-corrected chi connectivity index (χ1v) is 13.7. The van der Waals surface area contributed by atoms with Gasteiger partial charge in [-0.1, -0.05) is 122 Å². The lowest BCUT2D eigenvalue weighted by Gasteiger charge is -2.51. The van der Waals surface area contributed by atoms with E-state index in [0.29, 0.717) is 19.8 Å². The van der Waals surface area contributed by atoms with Crippen molar-refractivity contribution in [1.29, 1.82) is 0 Å². The van der Waals surface area contributed by atoms with E-state index >= 15 is 0 Å². The molecule has 1 fully saturated rings. The minimum absolute atomic E-state index is 0.178. The summed E-state index contributed by atoms with van der Waals surface area (Å²) in [7, 11) is 0. The number of rotatable bonds is 11. The van der Waals surface area contributed by atoms with Crippen LogP contribution in [0.1, 0.15) is 30.0 Å². The van der Waals surface area contributed by atoms with Crippen LogP contribution < -0.4 is 0 Å². The van der Waals surface area contributed by atoms with Crippen molar-refractivity contribution in [2.45, 2.75) is 63.7 Å². The monoisotopic (exact) mass is 526 g/mol. The van der Waals surface area contributed by atoms with E-state index in [0.717, 1.165) is 23.1 Å². The molecule has 0 radical (unpaired) electrons. The summed E-state index contributed by atoms with van der Waals surface area (Å²) in [6.45, 7) is 3.21. The quantitative estimate of drug-likeness (QED) is 0.331. The van der Waals surface area contributed by atoms with Gasteiger partial charge in [-0.3, -0.25) is 0 Å². The molecule has 5 rings (SSSR count). The van der Waals surface area contributed by atoms with Crippen LogP contribution in [0.15, 0.2) is 115 Å². The fraction of sp³-hybridized carbons (Fsp3) is 0.353. The Hall–Kier alpha value is -3.06. The molecule has 0 bridgehead atoms. The van der Waals surface area contributed by atoms with Crippen molar-refractivity contribution in [2.75, 3.05) is 6.61 Å². The second-order valence-electron chi connectivity index (χ2n) is 10.6. The van der Waals surface area contributed by atoms with Crippen molar-refractivity contribution in [3.63, 3.8) is 0 Å². The van der Waals surface area contributed by atoms with Crippen molar-refractivity contribution < 1.29 is 24.1 Å². The molecule has 1 N–H and O–H groups in total. The molecular weight excluding hydrogens is 488 g/mol. The molecule has 3 aromatic carbocycles. The molecule has 0 saturated carbocycles. The fourth-order valence-corrected chi connectivity index (χ4v) is 5.42. The topological polar surface area (TPSA) is 57.2 Å². The number of ether oxygens (including phenoxy) is 4. The van der Waals surface area contributed by atoms with Gasteiger partial charge < -0.3 is 24.1 Å². The van der Waals surface area contributed by atoms with Crippen molar-refractivity contribution in [3.8, 4) is 0 Å². The molecule has 5 nitrogen and oxygen atoms in total. The summed E-state index contributed by atoms with van der Waals surface area (Å²) in [5.41, 5.74) is 2.86. The van der Waals surface area contributed by atoms with Gasteiger partial charge in [0.05, 0.1) is 32.5 Å². The van der Waals surface area contributed by atoms with Crippen LogP contribution in [-0.2, 0) is 38.8 Å². The molecule has 39 heavy (non-hydrogen) atoms. The Morgan fingerprint density at radius 1 is 0.692 bits per heavy atom. The molecule has 1 saturated heterocycles. The van der Waals surface area contributed by atoms with Gasteiger partial charge in [-0.2, -0.15) is 0 Å². The molecule has 6 atom stereocenters. The number of aliphatic hydroxyl groups is 1. The van der Waals surface area contributed by atoms with Gasteiger partial charge in [0.25, 0.3) is 0 Å². The third-order valence-electron chi connectivity index (χ3n) is 7.60. The van der Waals surface area contributed by atoms with Gasteiger partial charge in [-0.05, 0) is 23.1 Å². The molecule has 3 aromatic rings. The van der Waals surface area contributed by atoms with Crippen LogP contribution in [-0.4, -0.2) is 42.2 Å². The number of hydrogen-bond acceptors (Lipinski definition) is 5. The van der Waals surface area contributed by atoms with Crippen LogP contribution in [0.25, 0.3) is 0 Å². The van der Waals surface area contributed by atoms with Gasteiger partial charge in [0.1, 0.15) is 24.4 Å². The first-order valence-electron chi connectivity index (χ1n) is 13.7. The smallest absolute Gasteiger partial charge is 0.115 e. The summed E-state index contributed by atoms with van der Waals surface area (Å²) in [6, 6.07) is 30.3. The van der Waals surface area contributed by atoms with Crippen LogP contribution in [0, 0.1) is 5.41 Å². The lowest BCUT2D eigenvalue weighted by molar-refractivity contribution is -0.285. The molecular formula is C34H38O5. The van der Waals surface area contributed by atoms with Crippen molar-refractivity contribution in [1.82, 2.24) is 0 Å². The molecule has 5 heteroatoms. The van der Waals surface area contributed by atoms with Gasteiger partial charge in [-0.25, -0.2) is 0 Å². The highest BCUT2D eigenvalue weighted by Crippen LogP contribution is 2.42. The molecule has 0 spiro atoms. The molecule has 204 valence electrons. The predicted octanol–water partition coefficient (Wildman–Crippen LogP) is 6.02. The Morgan fingerprint density at radius 3 is 1.64 bits per heavy atom. The number of hydrogen-bond donors (Lipinski definition) is 1. The maximum atomic E-state index is 10.5. The van der Waals surface area contributed by atoms with Gasteiger partial charge in [0.2, 0.25) is 0 Å². The van der Waals surface area contributed by atoms with Gasteiger partial charge in [-0.15, -0.1) is 0 Å². The number of aliphatic hydroxyl groups excluding tert-OH is 1. The van der Waals surface area contributed by atoms with Crippen molar-refractivity contribution in [3.05, 3.63) is 132 Å². The second kappa shape index (κ2) is 13.3. The Kier molecular flexibility index (Phi) is 9.40. The minimum atomic E-state index is -0.563. The Balaban J connectivity index is 1.47. The molecule has 1 heterocycles. The van der Waals surface area contributed by atoms with E-state index in [2.05, 4.69) is 55.5 Å². The zero-order valence-electron chi connectivity index (χ0n) is 22.5. The fourth-order valence-electron chi connectivity index (χ4n) is 5.42. The van der Waals surface area contributed by atoms with E-state index in [1.54, 1.807) is 0 Å². The molecule has 2 aliphatic rings. The lowest BCUT2D eigenvalue weighted by Crippen LogP contribution is -2.64. The summed E-state index contributed by atoms with van der Waals surface area (Å²) in [6.07, 6.45) is 6.93. The van der Waals surface area contributed by atoms with Crippen LogP contribution in [0.3, 0.4) is 0 Å². The highest BCUT2D eigenvalue weighted by atomic mass is 16.6. The number of allylic oxidation sites excluding steroid dienone is 3. The van der Waals surface area contributed by atoms with E-state index < -0.39 is 24.4 Å². The summed E-state index contributed by atoms with van der Waals surface area (Å²) in [5.74, 6) is 0. The van der Waals surface area contributed by atoms with Gasteiger partial charge in [0.15, 0.2) is 0 Å². The third-order valence-corrected chi connectivity index (χ3v) is 7.60. The lowest BCUT2D eigenvalue weighted by atomic mass is 9.73. The maximum Gasteiger partial charge on any atom is 0.115 e. The molecule has 1 unspecified atom stereocenters. The van der Waals surface area contributed by atoms with Gasteiger partial charge >= 0.3 is 0 Å². The van der Waals surface area contributed by atoms with E-state index in [-0.39, 0.29) is 18.1 Å². The molecule has 1 aliphatic carbocycles. The SMILES string of the molecule is CC1([C@@H]2O[C@H](CO)[C@@H](OCc3ccccc3)[C@H](OCc3ccccc3)[C@H]2OCc2ccccc2)C=CC=CC1. The summed E-state index contributed by atoms with van der Waals surface area (Å²) in [5, 5.41) is 10.5. The van der Waals surface area contributed by atoms with Crippen LogP contribution in [0.4, 0.5) is 0 Å². The van der Waals surface area contributed by atoms with E-state index in [4.69, 9.17) is 18.9 Å². The molecule has 1 aliphatic heterocycles. The predicted molar refractivity (Wildman–Crippen MR) is 152 cm³/mol. The van der Waals surface area contributed by atoms with Crippen molar-refractivity contribution in [2.24, 2.45) is 5.41 Å².